The second-order valence-electron chi connectivity index (χ2n) is 6.67. The molecule has 0 heterocycles. The molecule has 0 N–H and O–H groups in total. The van der Waals surface area contributed by atoms with Crippen LogP contribution in [0.4, 0.5) is 0 Å². The zero-order chi connectivity index (χ0) is 22.7. The first kappa shape index (κ1) is 26.1. The summed E-state index contributed by atoms with van der Waals surface area (Å²) in [7, 11) is -3.69. The zero-order valence-electron chi connectivity index (χ0n) is 17.2. The van der Waals surface area contributed by atoms with Crippen LogP contribution in [0, 0.1) is 5.92 Å². The summed E-state index contributed by atoms with van der Waals surface area (Å²) in [5, 5.41) is 0.0581. The lowest BCUT2D eigenvalue weighted by Crippen LogP contribution is -2.15. The molecule has 2 rings (SSSR count). The Morgan fingerprint density at radius 2 is 1.45 bits per heavy atom. The van der Waals surface area contributed by atoms with Crippen molar-refractivity contribution in [1.82, 2.24) is 0 Å². The van der Waals surface area contributed by atoms with Crippen molar-refractivity contribution in [1.29, 1.82) is 0 Å². The van der Waals surface area contributed by atoms with Crippen molar-refractivity contribution < 1.29 is 36.9 Å². The molecule has 1 aliphatic carbocycles. The number of hydrogen-bond acceptors (Lipinski definition) is 8. The average molecular weight is 497 g/mol. The number of carbonyl (C=O) groups is 1. The largest absolute Gasteiger partial charge is 0.423 e. The van der Waals surface area contributed by atoms with Gasteiger partial charge in [-0.25, -0.2) is 8.42 Å². The van der Waals surface area contributed by atoms with Gasteiger partial charge in [0, 0.05) is 17.2 Å². The van der Waals surface area contributed by atoms with Crippen LogP contribution in [0.1, 0.15) is 6.42 Å². The first-order valence-electron chi connectivity index (χ1n) is 9.66. The van der Waals surface area contributed by atoms with Gasteiger partial charge in [-0.3, -0.25) is 4.79 Å². The molecule has 1 aromatic rings. The van der Waals surface area contributed by atoms with Crippen molar-refractivity contribution in [3.05, 3.63) is 34.3 Å². The Morgan fingerprint density at radius 1 is 0.903 bits per heavy atom. The highest BCUT2D eigenvalue weighted by atomic mass is 35.5. The van der Waals surface area contributed by atoms with Gasteiger partial charge in [-0.2, -0.15) is 0 Å². The van der Waals surface area contributed by atoms with E-state index in [-0.39, 0.29) is 33.7 Å². The van der Waals surface area contributed by atoms with E-state index in [1.165, 1.54) is 12.1 Å². The van der Waals surface area contributed by atoms with Gasteiger partial charge >= 0.3 is 5.97 Å². The zero-order valence-corrected chi connectivity index (χ0v) is 19.5. The molecule has 174 valence electrons. The Balaban J connectivity index is 1.52. The molecule has 0 fully saturated rings. The predicted molar refractivity (Wildman–Crippen MR) is 116 cm³/mol. The maximum Gasteiger partial charge on any atom is 0.313 e. The number of esters is 1. The summed E-state index contributed by atoms with van der Waals surface area (Å²) in [6.07, 6.45) is 5.07. The van der Waals surface area contributed by atoms with Crippen molar-refractivity contribution in [3.63, 3.8) is 0 Å². The van der Waals surface area contributed by atoms with Crippen LogP contribution in [-0.2, 0) is 33.6 Å². The SMILES string of the molecule is CS(=O)(=O)c1cc(Cl)cc(Cl)c1OC(=O)CCOCCOCCOCCOCC1C=C1. The third-order valence-corrected chi connectivity index (χ3v) is 5.53. The summed E-state index contributed by atoms with van der Waals surface area (Å²) in [6.45, 7) is 3.42. The molecule has 0 atom stereocenters. The molecular formula is C20H26Cl2O8S. The normalized spacial score (nSPS) is 13.5. The average Bonchev–Trinajstić information content (AvgIpc) is 3.51. The van der Waals surface area contributed by atoms with E-state index in [0.717, 1.165) is 12.9 Å². The standard InChI is InChI=1S/C20H26Cl2O8S/c1-31(24,25)18-13-16(21)12-17(22)20(18)30-19(23)4-5-26-6-7-27-8-9-28-10-11-29-14-15-2-3-15/h2-3,12-13,15H,4-11,14H2,1H3. The molecule has 0 saturated heterocycles. The van der Waals surface area contributed by atoms with Crippen molar-refractivity contribution in [2.24, 2.45) is 5.92 Å². The number of rotatable bonds is 16. The number of benzene rings is 1. The van der Waals surface area contributed by atoms with E-state index in [1.54, 1.807) is 0 Å². The van der Waals surface area contributed by atoms with Crippen LogP contribution in [0.3, 0.4) is 0 Å². The van der Waals surface area contributed by atoms with Crippen LogP contribution in [0.5, 0.6) is 5.75 Å². The van der Waals surface area contributed by atoms with Gasteiger partial charge in [0.25, 0.3) is 0 Å². The molecule has 0 amide bonds. The molecule has 8 nitrogen and oxygen atoms in total. The highest BCUT2D eigenvalue weighted by Gasteiger charge is 2.21. The number of ether oxygens (including phenoxy) is 5. The monoisotopic (exact) mass is 496 g/mol. The highest BCUT2D eigenvalue weighted by molar-refractivity contribution is 7.90. The van der Waals surface area contributed by atoms with Crippen LogP contribution in [-0.4, -0.2) is 73.5 Å². The predicted octanol–water partition coefficient (Wildman–Crippen LogP) is 2.94. The van der Waals surface area contributed by atoms with Gasteiger partial charge in [-0.15, -0.1) is 0 Å². The van der Waals surface area contributed by atoms with Crippen molar-refractivity contribution >= 4 is 39.0 Å². The van der Waals surface area contributed by atoms with Gasteiger partial charge in [0.1, 0.15) is 4.90 Å². The van der Waals surface area contributed by atoms with Crippen molar-refractivity contribution in [3.8, 4) is 5.75 Å². The number of halogens is 2. The van der Waals surface area contributed by atoms with Crippen molar-refractivity contribution in [2.45, 2.75) is 11.3 Å². The van der Waals surface area contributed by atoms with Gasteiger partial charge < -0.3 is 23.7 Å². The lowest BCUT2D eigenvalue weighted by atomic mass is 10.3. The molecule has 31 heavy (non-hydrogen) atoms. The number of hydrogen-bond donors (Lipinski definition) is 0. The Morgan fingerprint density at radius 3 is 2.00 bits per heavy atom. The third kappa shape index (κ3) is 10.8. The maximum atomic E-state index is 12.0. The minimum atomic E-state index is -3.69. The van der Waals surface area contributed by atoms with E-state index < -0.39 is 15.8 Å². The van der Waals surface area contributed by atoms with Gasteiger partial charge in [-0.05, 0) is 12.1 Å². The smallest absolute Gasteiger partial charge is 0.313 e. The third-order valence-electron chi connectivity index (χ3n) is 3.93. The molecular weight excluding hydrogens is 471 g/mol. The molecule has 1 aliphatic rings. The number of sulfone groups is 1. The van der Waals surface area contributed by atoms with E-state index >= 15 is 0 Å². The van der Waals surface area contributed by atoms with Crippen LogP contribution >= 0.6 is 23.2 Å². The Labute approximate surface area is 192 Å². The molecule has 11 heteroatoms. The maximum absolute atomic E-state index is 12.0. The van der Waals surface area contributed by atoms with Gasteiger partial charge in [0.2, 0.25) is 0 Å². The lowest BCUT2D eigenvalue weighted by Gasteiger charge is -2.11. The highest BCUT2D eigenvalue weighted by Crippen LogP contribution is 2.35. The second-order valence-corrected chi connectivity index (χ2v) is 9.50. The summed E-state index contributed by atoms with van der Waals surface area (Å²) in [5.41, 5.74) is 0. The fraction of sp³-hybridized carbons (Fsp3) is 0.550. The van der Waals surface area contributed by atoms with Crippen LogP contribution in [0.15, 0.2) is 29.2 Å². The molecule has 0 saturated carbocycles. The van der Waals surface area contributed by atoms with E-state index in [1.807, 2.05) is 0 Å². The van der Waals surface area contributed by atoms with E-state index in [4.69, 9.17) is 46.9 Å². The van der Waals surface area contributed by atoms with Gasteiger partial charge in [0.05, 0.1) is 64.3 Å². The minimum Gasteiger partial charge on any atom is -0.423 e. The summed E-state index contributed by atoms with van der Waals surface area (Å²) >= 11 is 11.8. The second kappa shape index (κ2) is 13.4. The quantitative estimate of drug-likeness (QED) is 0.149. The number of carbonyl (C=O) groups excluding carboxylic acids is 1. The Kier molecular flexibility index (Phi) is 11.2. The van der Waals surface area contributed by atoms with E-state index in [2.05, 4.69) is 12.2 Å². The fourth-order valence-electron chi connectivity index (χ4n) is 2.30. The molecule has 0 unspecified atom stereocenters. The van der Waals surface area contributed by atoms with E-state index in [9.17, 15) is 13.2 Å². The van der Waals surface area contributed by atoms with Crippen LogP contribution < -0.4 is 4.74 Å². The summed E-state index contributed by atoms with van der Waals surface area (Å²) in [6, 6.07) is 2.48. The topological polar surface area (TPSA) is 97.4 Å². The van der Waals surface area contributed by atoms with Crippen LogP contribution in [0.25, 0.3) is 0 Å². The summed E-state index contributed by atoms with van der Waals surface area (Å²) in [5.74, 6) is -0.412. The first-order chi connectivity index (χ1) is 14.8. The Hall–Kier alpha value is -1.20. The first-order valence-corrected chi connectivity index (χ1v) is 12.3. The van der Waals surface area contributed by atoms with Crippen molar-refractivity contribution in [2.75, 3.05) is 59.1 Å². The van der Waals surface area contributed by atoms with Crippen LogP contribution in [0.2, 0.25) is 10.0 Å². The Bertz CT molecular complexity index is 851. The fourth-order valence-corrected chi connectivity index (χ4v) is 3.78. The summed E-state index contributed by atoms with van der Waals surface area (Å²) in [4.78, 5) is 11.8. The lowest BCUT2D eigenvalue weighted by molar-refractivity contribution is -0.135. The van der Waals surface area contributed by atoms with E-state index in [0.29, 0.717) is 45.6 Å². The van der Waals surface area contributed by atoms with Gasteiger partial charge in [-0.1, -0.05) is 35.4 Å². The molecule has 0 bridgehead atoms. The van der Waals surface area contributed by atoms with Gasteiger partial charge in [0.15, 0.2) is 15.6 Å². The summed E-state index contributed by atoms with van der Waals surface area (Å²) < 4.78 is 50.3. The molecule has 0 radical (unpaired) electrons. The molecule has 0 aliphatic heterocycles. The molecule has 0 spiro atoms. The molecule has 0 aromatic heterocycles. The molecule has 1 aromatic carbocycles. The minimum absolute atomic E-state index is 0.0655.